The molecule has 1 unspecified atom stereocenters. The van der Waals surface area contributed by atoms with Gasteiger partial charge in [0.25, 0.3) is 0 Å². The highest BCUT2D eigenvalue weighted by Gasteiger charge is 2.03. The largest absolute Gasteiger partial charge is 0.389 e. The lowest BCUT2D eigenvalue weighted by atomic mass is 10.1. The molecule has 0 aliphatic heterocycles. The van der Waals surface area contributed by atoms with E-state index >= 15 is 0 Å². The molecule has 3 nitrogen and oxygen atoms in total. The Hall–Kier alpha value is -0.520. The number of aliphatic hydroxyl groups excluding tert-OH is 1. The monoisotopic (exact) mass is 260 g/mol. The van der Waals surface area contributed by atoms with Crippen LogP contribution in [0.1, 0.15) is 18.6 Å². The Morgan fingerprint density at radius 2 is 1.88 bits per heavy atom. The topological polar surface area (TPSA) is 54.4 Å². The smallest absolute Gasteiger partial charge is 0.148 e. The average Bonchev–Trinajstić information content (AvgIpc) is 2.16. The molecule has 0 saturated carbocycles. The van der Waals surface area contributed by atoms with E-state index in [1.165, 1.54) is 18.0 Å². The summed E-state index contributed by atoms with van der Waals surface area (Å²) in [6.45, 7) is 1.71. The summed E-state index contributed by atoms with van der Waals surface area (Å²) in [5.74, 6) is 0.753. The van der Waals surface area contributed by atoms with Gasteiger partial charge in [-0.25, -0.2) is 8.42 Å². The molecule has 0 aliphatic carbocycles. The SMILES string of the molecule is CC(O)c1ccc(SCCS(C)(=O)=O)cc1. The molecule has 0 heterocycles. The zero-order chi connectivity index (χ0) is 12.2. The third-order valence-corrected chi connectivity index (χ3v) is 4.30. The van der Waals surface area contributed by atoms with Gasteiger partial charge in [-0.3, -0.25) is 0 Å². The molecule has 1 aromatic rings. The van der Waals surface area contributed by atoms with Gasteiger partial charge in [-0.2, -0.15) is 0 Å². The molecule has 0 spiro atoms. The molecule has 90 valence electrons. The van der Waals surface area contributed by atoms with Crippen molar-refractivity contribution in [3.05, 3.63) is 29.8 Å². The zero-order valence-electron chi connectivity index (χ0n) is 9.38. The molecule has 0 saturated heterocycles. The van der Waals surface area contributed by atoms with E-state index in [1.807, 2.05) is 24.3 Å². The van der Waals surface area contributed by atoms with Crippen LogP contribution in [0.3, 0.4) is 0 Å². The second kappa shape index (κ2) is 5.70. The molecule has 0 fully saturated rings. The Morgan fingerprint density at radius 1 is 1.31 bits per heavy atom. The summed E-state index contributed by atoms with van der Waals surface area (Å²) >= 11 is 1.51. The van der Waals surface area contributed by atoms with E-state index in [-0.39, 0.29) is 5.75 Å². The normalized spacial score (nSPS) is 13.7. The van der Waals surface area contributed by atoms with E-state index in [1.54, 1.807) is 6.92 Å². The molecule has 0 aliphatic rings. The van der Waals surface area contributed by atoms with Crippen LogP contribution in [0, 0.1) is 0 Å². The van der Waals surface area contributed by atoms with Crippen molar-refractivity contribution in [2.75, 3.05) is 17.8 Å². The third-order valence-electron chi connectivity index (χ3n) is 2.09. The first-order chi connectivity index (χ1) is 7.38. The summed E-state index contributed by atoms with van der Waals surface area (Å²) in [5.41, 5.74) is 0.868. The van der Waals surface area contributed by atoms with E-state index in [9.17, 15) is 13.5 Å². The average molecular weight is 260 g/mol. The van der Waals surface area contributed by atoms with Crippen molar-refractivity contribution in [1.82, 2.24) is 0 Å². The molecule has 0 aromatic heterocycles. The van der Waals surface area contributed by atoms with Gasteiger partial charge in [0.05, 0.1) is 11.9 Å². The van der Waals surface area contributed by atoms with Gasteiger partial charge in [0, 0.05) is 16.9 Å². The molecular formula is C11H16O3S2. The second-order valence-electron chi connectivity index (χ2n) is 3.72. The van der Waals surface area contributed by atoms with E-state index in [0.29, 0.717) is 5.75 Å². The van der Waals surface area contributed by atoms with Gasteiger partial charge in [-0.1, -0.05) is 12.1 Å². The van der Waals surface area contributed by atoms with Crippen molar-refractivity contribution in [2.24, 2.45) is 0 Å². The Kier molecular flexibility index (Phi) is 4.83. The summed E-state index contributed by atoms with van der Waals surface area (Å²) in [6, 6.07) is 7.50. The quantitative estimate of drug-likeness (QED) is 0.821. The molecule has 1 rings (SSSR count). The summed E-state index contributed by atoms with van der Waals surface area (Å²) < 4.78 is 21.8. The number of hydrogen-bond donors (Lipinski definition) is 1. The van der Waals surface area contributed by atoms with Crippen molar-refractivity contribution >= 4 is 21.6 Å². The van der Waals surface area contributed by atoms with Gasteiger partial charge in [-0.15, -0.1) is 11.8 Å². The van der Waals surface area contributed by atoms with E-state index in [4.69, 9.17) is 0 Å². The highest BCUT2D eigenvalue weighted by molar-refractivity contribution is 8.00. The van der Waals surface area contributed by atoms with Crippen molar-refractivity contribution in [3.63, 3.8) is 0 Å². The minimum atomic E-state index is -2.88. The van der Waals surface area contributed by atoms with Crippen LogP contribution in [0.25, 0.3) is 0 Å². The number of thioether (sulfide) groups is 1. The zero-order valence-corrected chi connectivity index (χ0v) is 11.0. The minimum Gasteiger partial charge on any atom is -0.389 e. The molecule has 0 bridgehead atoms. The lowest BCUT2D eigenvalue weighted by Gasteiger charge is -2.05. The van der Waals surface area contributed by atoms with Crippen LogP contribution in [-0.2, 0) is 9.84 Å². The van der Waals surface area contributed by atoms with Crippen LogP contribution in [-0.4, -0.2) is 31.3 Å². The van der Waals surface area contributed by atoms with Crippen LogP contribution in [0.2, 0.25) is 0 Å². The van der Waals surface area contributed by atoms with Gasteiger partial charge in [0.1, 0.15) is 9.84 Å². The van der Waals surface area contributed by atoms with Crippen LogP contribution < -0.4 is 0 Å². The Labute approximate surface area is 101 Å². The van der Waals surface area contributed by atoms with Gasteiger partial charge in [0.2, 0.25) is 0 Å². The van der Waals surface area contributed by atoms with E-state index in [2.05, 4.69) is 0 Å². The highest BCUT2D eigenvalue weighted by atomic mass is 32.2. The predicted molar refractivity (Wildman–Crippen MR) is 67.5 cm³/mol. The van der Waals surface area contributed by atoms with Crippen molar-refractivity contribution in [3.8, 4) is 0 Å². The lowest BCUT2D eigenvalue weighted by molar-refractivity contribution is 0.199. The third kappa shape index (κ3) is 5.01. The maximum absolute atomic E-state index is 10.9. The van der Waals surface area contributed by atoms with Crippen molar-refractivity contribution in [1.29, 1.82) is 0 Å². The standard InChI is InChI=1S/C11H16O3S2/c1-9(12)10-3-5-11(6-4-10)15-7-8-16(2,13)14/h3-6,9,12H,7-8H2,1-2H3. The molecule has 1 aromatic carbocycles. The van der Waals surface area contributed by atoms with E-state index in [0.717, 1.165) is 10.5 Å². The summed E-state index contributed by atoms with van der Waals surface area (Å²) in [5, 5.41) is 9.31. The number of rotatable bonds is 5. The molecule has 5 heteroatoms. The second-order valence-corrected chi connectivity index (χ2v) is 7.15. The van der Waals surface area contributed by atoms with E-state index < -0.39 is 15.9 Å². The maximum Gasteiger partial charge on any atom is 0.148 e. The predicted octanol–water partition coefficient (Wildman–Crippen LogP) is 1.88. The van der Waals surface area contributed by atoms with Crippen molar-refractivity contribution in [2.45, 2.75) is 17.9 Å². The fourth-order valence-electron chi connectivity index (χ4n) is 1.15. The van der Waals surface area contributed by atoms with Gasteiger partial charge >= 0.3 is 0 Å². The van der Waals surface area contributed by atoms with Gasteiger partial charge in [-0.05, 0) is 24.6 Å². The molecule has 1 atom stereocenters. The first-order valence-corrected chi connectivity index (χ1v) is 8.01. The molecule has 1 N–H and O–H groups in total. The Morgan fingerprint density at radius 3 is 2.31 bits per heavy atom. The summed E-state index contributed by atoms with van der Waals surface area (Å²) in [6.07, 6.45) is 0.777. The Balaban J connectivity index is 2.50. The van der Waals surface area contributed by atoms with Gasteiger partial charge in [0.15, 0.2) is 0 Å². The fraction of sp³-hybridized carbons (Fsp3) is 0.455. The lowest BCUT2D eigenvalue weighted by Crippen LogP contribution is -2.04. The van der Waals surface area contributed by atoms with Crippen LogP contribution in [0.4, 0.5) is 0 Å². The van der Waals surface area contributed by atoms with Crippen LogP contribution >= 0.6 is 11.8 Å². The van der Waals surface area contributed by atoms with Crippen LogP contribution in [0.5, 0.6) is 0 Å². The first kappa shape index (κ1) is 13.5. The molecule has 0 radical (unpaired) electrons. The minimum absolute atomic E-state index is 0.190. The number of aliphatic hydroxyl groups is 1. The fourth-order valence-corrected chi connectivity index (χ4v) is 3.26. The molecule has 0 amide bonds. The highest BCUT2D eigenvalue weighted by Crippen LogP contribution is 2.20. The summed E-state index contributed by atoms with van der Waals surface area (Å²) in [4.78, 5) is 1.02. The van der Waals surface area contributed by atoms with Crippen molar-refractivity contribution < 1.29 is 13.5 Å². The number of sulfone groups is 1. The number of hydrogen-bond acceptors (Lipinski definition) is 4. The molecule has 16 heavy (non-hydrogen) atoms. The van der Waals surface area contributed by atoms with Crippen LogP contribution in [0.15, 0.2) is 29.2 Å². The Bertz CT molecular complexity index is 421. The summed E-state index contributed by atoms with van der Waals surface area (Å²) in [7, 11) is -2.88. The van der Waals surface area contributed by atoms with Gasteiger partial charge < -0.3 is 5.11 Å². The number of benzene rings is 1. The molecular weight excluding hydrogens is 244 g/mol. The first-order valence-electron chi connectivity index (χ1n) is 4.97. The maximum atomic E-state index is 10.9.